The molecule has 0 spiro atoms. The minimum absolute atomic E-state index is 0.0920. The van der Waals surface area contributed by atoms with Crippen LogP contribution in [0.15, 0.2) is 24.3 Å². The number of esters is 1. The molecular formula is C17H22N2O5. The highest BCUT2D eigenvalue weighted by atomic mass is 16.6. The first kappa shape index (κ1) is 17.8. The number of ether oxygens (including phenoxy) is 2. The molecule has 2 atom stereocenters. The Hall–Kier alpha value is -2.57. The molecule has 7 nitrogen and oxygen atoms in total. The van der Waals surface area contributed by atoms with E-state index < -0.39 is 29.6 Å². The van der Waals surface area contributed by atoms with Gasteiger partial charge in [0.15, 0.2) is 0 Å². The normalized spacial score (nSPS) is 17.5. The van der Waals surface area contributed by atoms with Gasteiger partial charge in [-0.15, -0.1) is 0 Å². The van der Waals surface area contributed by atoms with Crippen LogP contribution < -0.4 is 10.6 Å². The van der Waals surface area contributed by atoms with Gasteiger partial charge in [-0.3, -0.25) is 4.79 Å². The van der Waals surface area contributed by atoms with Gasteiger partial charge in [-0.2, -0.15) is 0 Å². The van der Waals surface area contributed by atoms with Gasteiger partial charge in [-0.1, -0.05) is 18.2 Å². The number of carbonyl (C=O) groups excluding carboxylic acids is 3. The van der Waals surface area contributed by atoms with Gasteiger partial charge in [-0.05, 0) is 38.8 Å². The molecule has 1 unspecified atom stereocenters. The Kier molecular flexibility index (Phi) is 5.11. The Morgan fingerprint density at radius 2 is 1.96 bits per heavy atom. The van der Waals surface area contributed by atoms with Crippen molar-refractivity contribution in [2.45, 2.75) is 44.8 Å². The summed E-state index contributed by atoms with van der Waals surface area (Å²) in [6, 6.07) is 6.27. The van der Waals surface area contributed by atoms with Crippen molar-refractivity contribution in [2.75, 3.05) is 12.4 Å². The molecule has 0 saturated heterocycles. The van der Waals surface area contributed by atoms with Crippen LogP contribution in [-0.4, -0.2) is 36.7 Å². The highest BCUT2D eigenvalue weighted by Crippen LogP contribution is 2.35. The topological polar surface area (TPSA) is 93.7 Å². The van der Waals surface area contributed by atoms with E-state index in [1.807, 2.05) is 18.2 Å². The lowest BCUT2D eigenvalue weighted by Gasteiger charge is -2.23. The minimum atomic E-state index is -0.980. The number of carbonyl (C=O) groups is 3. The van der Waals surface area contributed by atoms with E-state index in [0.717, 1.165) is 5.56 Å². The van der Waals surface area contributed by atoms with Gasteiger partial charge in [0.05, 0.1) is 13.0 Å². The van der Waals surface area contributed by atoms with Gasteiger partial charge in [0, 0.05) is 5.69 Å². The van der Waals surface area contributed by atoms with Crippen LogP contribution in [0, 0.1) is 0 Å². The van der Waals surface area contributed by atoms with E-state index in [2.05, 4.69) is 10.6 Å². The molecule has 0 aliphatic carbocycles. The number of para-hydroxylation sites is 1. The summed E-state index contributed by atoms with van der Waals surface area (Å²) in [5, 5.41) is 5.25. The van der Waals surface area contributed by atoms with E-state index in [0.29, 0.717) is 5.69 Å². The Bertz CT molecular complexity index is 651. The first-order valence-corrected chi connectivity index (χ1v) is 7.68. The average Bonchev–Trinajstić information content (AvgIpc) is 2.80. The van der Waals surface area contributed by atoms with Crippen molar-refractivity contribution in [3.63, 3.8) is 0 Å². The smallest absolute Gasteiger partial charge is 0.408 e. The quantitative estimate of drug-likeness (QED) is 0.823. The first-order chi connectivity index (χ1) is 11.2. The van der Waals surface area contributed by atoms with Crippen LogP contribution in [0.2, 0.25) is 0 Å². The Morgan fingerprint density at radius 1 is 1.29 bits per heavy atom. The molecule has 2 rings (SSSR count). The van der Waals surface area contributed by atoms with E-state index in [1.165, 1.54) is 7.11 Å². The molecular weight excluding hydrogens is 312 g/mol. The van der Waals surface area contributed by atoms with Crippen molar-refractivity contribution in [2.24, 2.45) is 0 Å². The predicted molar refractivity (Wildman–Crippen MR) is 87.6 cm³/mol. The second-order valence-corrected chi connectivity index (χ2v) is 6.59. The molecule has 0 aromatic heterocycles. The van der Waals surface area contributed by atoms with Crippen LogP contribution in [0.1, 0.15) is 38.7 Å². The van der Waals surface area contributed by atoms with Crippen LogP contribution in [0.4, 0.5) is 10.5 Å². The third-order valence-corrected chi connectivity index (χ3v) is 3.56. The Labute approximate surface area is 140 Å². The summed E-state index contributed by atoms with van der Waals surface area (Å²) in [4.78, 5) is 36.1. The zero-order chi connectivity index (χ0) is 17.9. The molecule has 1 aromatic carbocycles. The van der Waals surface area contributed by atoms with Crippen LogP contribution in [0.5, 0.6) is 0 Å². The monoisotopic (exact) mass is 334 g/mol. The Morgan fingerprint density at radius 3 is 2.58 bits per heavy atom. The fourth-order valence-corrected chi connectivity index (χ4v) is 2.55. The molecule has 1 heterocycles. The zero-order valence-corrected chi connectivity index (χ0v) is 14.2. The lowest BCUT2D eigenvalue weighted by molar-refractivity contribution is -0.143. The molecule has 7 heteroatoms. The molecule has 1 aromatic rings. The summed E-state index contributed by atoms with van der Waals surface area (Å²) >= 11 is 0. The average molecular weight is 334 g/mol. The number of methoxy groups -OCH3 is 1. The molecule has 0 bridgehead atoms. The van der Waals surface area contributed by atoms with E-state index >= 15 is 0 Å². The van der Waals surface area contributed by atoms with Crippen molar-refractivity contribution in [1.82, 2.24) is 5.32 Å². The van der Waals surface area contributed by atoms with Crippen molar-refractivity contribution < 1.29 is 23.9 Å². The highest BCUT2D eigenvalue weighted by molar-refractivity contribution is 6.03. The van der Waals surface area contributed by atoms with Gasteiger partial charge in [0.25, 0.3) is 0 Å². The maximum Gasteiger partial charge on any atom is 0.408 e. The van der Waals surface area contributed by atoms with E-state index in [1.54, 1.807) is 26.8 Å². The van der Waals surface area contributed by atoms with Crippen LogP contribution in [-0.2, 0) is 19.1 Å². The number of hydrogen-bond donors (Lipinski definition) is 2. The van der Waals surface area contributed by atoms with Crippen LogP contribution >= 0.6 is 0 Å². The van der Waals surface area contributed by atoms with Gasteiger partial charge in [-0.25, -0.2) is 9.59 Å². The summed E-state index contributed by atoms with van der Waals surface area (Å²) in [6.45, 7) is 5.17. The molecule has 0 fully saturated rings. The fraction of sp³-hybridized carbons (Fsp3) is 0.471. The first-order valence-electron chi connectivity index (χ1n) is 7.68. The molecule has 24 heavy (non-hydrogen) atoms. The summed E-state index contributed by atoms with van der Waals surface area (Å²) in [5.41, 5.74) is 0.818. The van der Waals surface area contributed by atoms with Crippen molar-refractivity contribution in [3.05, 3.63) is 29.8 Å². The highest BCUT2D eigenvalue weighted by Gasteiger charge is 2.36. The maximum atomic E-state index is 12.2. The largest absolute Gasteiger partial charge is 0.467 e. The number of anilines is 1. The van der Waals surface area contributed by atoms with Crippen molar-refractivity contribution in [1.29, 1.82) is 0 Å². The van der Waals surface area contributed by atoms with Gasteiger partial charge < -0.3 is 20.1 Å². The number of hydrogen-bond acceptors (Lipinski definition) is 5. The van der Waals surface area contributed by atoms with Crippen LogP contribution in [0.3, 0.4) is 0 Å². The SMILES string of the molecule is COC(=O)[C@H](CC1C(=O)Nc2ccccc21)NC(=O)OC(C)(C)C. The van der Waals surface area contributed by atoms with E-state index in [4.69, 9.17) is 9.47 Å². The third kappa shape index (κ3) is 4.24. The predicted octanol–water partition coefficient (Wildman–Crippen LogP) is 2.18. The fourth-order valence-electron chi connectivity index (χ4n) is 2.55. The summed E-state index contributed by atoms with van der Waals surface area (Å²) in [5.74, 6) is -1.38. The standard InChI is InChI=1S/C17H22N2O5/c1-17(2,3)24-16(22)19-13(15(21)23-4)9-11-10-7-5-6-8-12(10)18-14(11)20/h5-8,11,13H,9H2,1-4H3,(H,18,20)(H,19,22)/t11?,13-/m0/s1. The maximum absolute atomic E-state index is 12.2. The van der Waals surface area contributed by atoms with Gasteiger partial charge in [0.1, 0.15) is 11.6 Å². The summed E-state index contributed by atoms with van der Waals surface area (Å²) < 4.78 is 9.90. The third-order valence-electron chi connectivity index (χ3n) is 3.56. The number of amides is 2. The number of benzene rings is 1. The zero-order valence-electron chi connectivity index (χ0n) is 14.2. The molecule has 130 valence electrons. The molecule has 2 N–H and O–H groups in total. The number of nitrogens with one attached hydrogen (secondary N) is 2. The minimum Gasteiger partial charge on any atom is -0.467 e. The molecule has 1 aliphatic heterocycles. The van der Waals surface area contributed by atoms with Gasteiger partial charge in [0.2, 0.25) is 5.91 Å². The number of alkyl carbamates (subject to hydrolysis) is 1. The Balaban J connectivity index is 2.14. The molecule has 2 amide bonds. The van der Waals surface area contributed by atoms with Crippen molar-refractivity contribution in [3.8, 4) is 0 Å². The molecule has 0 radical (unpaired) electrons. The molecule has 0 saturated carbocycles. The lowest BCUT2D eigenvalue weighted by atomic mass is 9.93. The summed E-state index contributed by atoms with van der Waals surface area (Å²) in [7, 11) is 1.23. The molecule has 1 aliphatic rings. The number of rotatable bonds is 4. The summed E-state index contributed by atoms with van der Waals surface area (Å²) in [6.07, 6.45) is -0.640. The number of fused-ring (bicyclic) bond motifs is 1. The van der Waals surface area contributed by atoms with E-state index in [-0.39, 0.29) is 12.3 Å². The second-order valence-electron chi connectivity index (χ2n) is 6.59. The van der Waals surface area contributed by atoms with E-state index in [9.17, 15) is 14.4 Å². The van der Waals surface area contributed by atoms with Crippen LogP contribution in [0.25, 0.3) is 0 Å². The van der Waals surface area contributed by atoms with Gasteiger partial charge >= 0.3 is 12.1 Å². The lowest BCUT2D eigenvalue weighted by Crippen LogP contribution is -2.45. The second kappa shape index (κ2) is 6.90. The van der Waals surface area contributed by atoms with Crippen molar-refractivity contribution >= 4 is 23.7 Å².